The molecule has 0 saturated carbocycles. The molecule has 2 aromatic rings. The second-order valence-corrected chi connectivity index (χ2v) is 5.64. The summed E-state index contributed by atoms with van der Waals surface area (Å²) in [5.74, 6) is 1.03. The number of nitrogens with zero attached hydrogens (tertiary/aromatic N) is 1. The van der Waals surface area contributed by atoms with Crippen LogP contribution in [0.2, 0.25) is 0 Å². The number of fused-ring (bicyclic) bond motifs is 1. The number of benzene rings is 2. The zero-order valence-corrected chi connectivity index (χ0v) is 12.8. The third-order valence-corrected chi connectivity index (χ3v) is 3.91. The smallest absolute Gasteiger partial charge is 0.292 e. The highest BCUT2D eigenvalue weighted by Gasteiger charge is 2.20. The summed E-state index contributed by atoms with van der Waals surface area (Å²) in [7, 11) is 0. The Kier molecular flexibility index (Phi) is 4.05. The van der Waals surface area contributed by atoms with Crippen LogP contribution in [0.15, 0.2) is 42.5 Å². The summed E-state index contributed by atoms with van der Waals surface area (Å²) >= 11 is 0. The molecule has 1 aliphatic heterocycles. The molecule has 0 spiro atoms. The van der Waals surface area contributed by atoms with E-state index in [0.717, 1.165) is 12.2 Å². The van der Waals surface area contributed by atoms with Crippen LogP contribution in [0.25, 0.3) is 0 Å². The van der Waals surface area contributed by atoms with E-state index in [1.807, 2.05) is 6.07 Å². The minimum Gasteiger partial charge on any atom is -0.435 e. The summed E-state index contributed by atoms with van der Waals surface area (Å²) in [6, 6.07) is 14.9. The zero-order valence-electron chi connectivity index (χ0n) is 12.8. The Morgan fingerprint density at radius 1 is 1.14 bits per heavy atom. The summed E-state index contributed by atoms with van der Waals surface area (Å²) in [4.78, 5) is 0. The number of hydrogen-bond acceptors (Lipinski definition) is 1. The van der Waals surface area contributed by atoms with Crippen molar-refractivity contribution in [2.45, 2.75) is 33.1 Å². The molecule has 0 fully saturated rings. The molecule has 0 bridgehead atoms. The second kappa shape index (κ2) is 6.13. The number of rotatable bonds is 4. The number of ether oxygens (including phenoxy) is 1. The van der Waals surface area contributed by atoms with Gasteiger partial charge in [0.05, 0.1) is 5.56 Å². The molecule has 3 rings (SSSR count). The first-order valence-electron chi connectivity index (χ1n) is 7.71. The second-order valence-electron chi connectivity index (χ2n) is 5.64. The summed E-state index contributed by atoms with van der Waals surface area (Å²) < 4.78 is 8.13. The Balaban J connectivity index is 1.97. The molecule has 0 radical (unpaired) electrons. The number of para-hydroxylation sites is 1. The van der Waals surface area contributed by atoms with Crippen LogP contribution in [-0.4, -0.2) is 17.5 Å². The van der Waals surface area contributed by atoms with Gasteiger partial charge in [-0.3, -0.25) is 0 Å². The standard InChI is InChI=1S/C19H22NO/c1-3-4-8-16-11-15(2)19-17(12-16)13-20(14-21-19)18-9-6-5-7-10-18/h5-7,9-13H,3-4,8,14H2,1-2H3/q+1. The van der Waals surface area contributed by atoms with E-state index >= 15 is 0 Å². The Bertz CT molecular complexity index is 659. The summed E-state index contributed by atoms with van der Waals surface area (Å²) in [5.41, 5.74) is 5.00. The van der Waals surface area contributed by atoms with Crippen molar-refractivity contribution in [2.24, 2.45) is 0 Å². The van der Waals surface area contributed by atoms with E-state index in [-0.39, 0.29) is 0 Å². The fourth-order valence-corrected chi connectivity index (χ4v) is 2.80. The third kappa shape index (κ3) is 2.99. The number of hydrogen-bond donors (Lipinski definition) is 0. The van der Waals surface area contributed by atoms with Crippen molar-refractivity contribution < 1.29 is 9.31 Å². The van der Waals surface area contributed by atoms with Gasteiger partial charge in [0, 0.05) is 12.1 Å². The Morgan fingerprint density at radius 2 is 1.95 bits per heavy atom. The van der Waals surface area contributed by atoms with Gasteiger partial charge in [0.15, 0.2) is 6.21 Å². The van der Waals surface area contributed by atoms with Crippen molar-refractivity contribution in [2.75, 3.05) is 6.73 Å². The van der Waals surface area contributed by atoms with Crippen LogP contribution in [0, 0.1) is 6.92 Å². The molecule has 21 heavy (non-hydrogen) atoms. The van der Waals surface area contributed by atoms with Crippen LogP contribution in [0.5, 0.6) is 5.75 Å². The maximum atomic E-state index is 5.98. The van der Waals surface area contributed by atoms with E-state index < -0.39 is 0 Å². The van der Waals surface area contributed by atoms with Crippen LogP contribution in [-0.2, 0) is 6.42 Å². The number of unbranched alkanes of at least 4 members (excludes halogenated alkanes) is 1. The SMILES string of the molecule is CCCCc1cc(C)c2c(c1)C=[N+](c1ccccc1)CO2. The first-order chi connectivity index (χ1) is 10.3. The van der Waals surface area contributed by atoms with Gasteiger partial charge in [-0.1, -0.05) is 37.6 Å². The average Bonchev–Trinajstić information content (AvgIpc) is 2.53. The van der Waals surface area contributed by atoms with E-state index in [1.165, 1.54) is 35.2 Å². The van der Waals surface area contributed by atoms with Crippen molar-refractivity contribution in [1.82, 2.24) is 0 Å². The molecule has 108 valence electrons. The minimum absolute atomic E-state index is 0.576. The molecular weight excluding hydrogens is 258 g/mol. The highest BCUT2D eigenvalue weighted by Crippen LogP contribution is 2.28. The van der Waals surface area contributed by atoms with Crippen molar-refractivity contribution in [3.63, 3.8) is 0 Å². The van der Waals surface area contributed by atoms with E-state index in [0.29, 0.717) is 6.73 Å². The molecule has 2 nitrogen and oxygen atoms in total. The molecule has 1 heterocycles. The van der Waals surface area contributed by atoms with Gasteiger partial charge < -0.3 is 4.74 Å². The largest absolute Gasteiger partial charge is 0.435 e. The molecule has 0 N–H and O–H groups in total. The molecule has 2 heteroatoms. The molecule has 0 aliphatic carbocycles. The molecule has 0 aromatic heterocycles. The third-order valence-electron chi connectivity index (χ3n) is 3.91. The lowest BCUT2D eigenvalue weighted by atomic mass is 10.0. The normalized spacial score (nSPS) is 13.3. The van der Waals surface area contributed by atoms with Crippen LogP contribution in [0.1, 0.15) is 36.5 Å². The van der Waals surface area contributed by atoms with Crippen LogP contribution in [0.3, 0.4) is 0 Å². The van der Waals surface area contributed by atoms with Gasteiger partial charge in [-0.05, 0) is 37.0 Å². The first-order valence-corrected chi connectivity index (χ1v) is 7.71. The van der Waals surface area contributed by atoms with Crippen molar-refractivity contribution in [3.05, 3.63) is 59.2 Å². The summed E-state index contributed by atoms with van der Waals surface area (Å²) in [6.07, 6.45) is 5.81. The molecule has 1 aliphatic rings. The van der Waals surface area contributed by atoms with Crippen molar-refractivity contribution in [1.29, 1.82) is 0 Å². The van der Waals surface area contributed by atoms with Gasteiger partial charge in [-0.2, -0.15) is 4.58 Å². The predicted octanol–water partition coefficient (Wildman–Crippen LogP) is 4.45. The highest BCUT2D eigenvalue weighted by atomic mass is 16.5. The predicted molar refractivity (Wildman–Crippen MR) is 86.8 cm³/mol. The van der Waals surface area contributed by atoms with Gasteiger partial charge in [0.25, 0.3) is 6.73 Å². The topological polar surface area (TPSA) is 12.2 Å². The lowest BCUT2D eigenvalue weighted by Crippen LogP contribution is -2.21. The van der Waals surface area contributed by atoms with E-state index in [1.54, 1.807) is 0 Å². The van der Waals surface area contributed by atoms with Crippen LogP contribution >= 0.6 is 0 Å². The summed E-state index contributed by atoms with van der Waals surface area (Å²) in [6.45, 7) is 4.95. The van der Waals surface area contributed by atoms with E-state index in [9.17, 15) is 0 Å². The van der Waals surface area contributed by atoms with Gasteiger partial charge in [-0.15, -0.1) is 0 Å². The van der Waals surface area contributed by atoms with Gasteiger partial charge in [-0.25, -0.2) is 0 Å². The Labute approximate surface area is 126 Å². The van der Waals surface area contributed by atoms with Crippen LogP contribution in [0.4, 0.5) is 5.69 Å². The van der Waals surface area contributed by atoms with Crippen LogP contribution < -0.4 is 4.74 Å². The maximum Gasteiger partial charge on any atom is 0.292 e. The van der Waals surface area contributed by atoms with E-state index in [2.05, 4.69) is 61.0 Å². The quantitative estimate of drug-likeness (QED) is 0.754. The summed E-state index contributed by atoms with van der Waals surface area (Å²) in [5, 5.41) is 0. The monoisotopic (exact) mass is 280 g/mol. The Morgan fingerprint density at radius 3 is 2.71 bits per heavy atom. The van der Waals surface area contributed by atoms with Gasteiger partial charge in [0.2, 0.25) is 5.69 Å². The molecular formula is C19H22NO+. The highest BCUT2D eigenvalue weighted by molar-refractivity contribution is 5.82. The maximum absolute atomic E-state index is 5.98. The molecule has 0 saturated heterocycles. The van der Waals surface area contributed by atoms with Crippen molar-refractivity contribution in [3.8, 4) is 5.75 Å². The first kappa shape index (κ1) is 13.9. The molecule has 0 unspecified atom stereocenters. The lowest BCUT2D eigenvalue weighted by molar-refractivity contribution is -0.476. The lowest BCUT2D eigenvalue weighted by Gasteiger charge is -2.17. The molecule has 2 aromatic carbocycles. The molecule has 0 atom stereocenters. The zero-order chi connectivity index (χ0) is 14.7. The number of aryl methyl sites for hydroxylation is 2. The molecule has 0 amide bonds. The van der Waals surface area contributed by atoms with E-state index in [4.69, 9.17) is 4.74 Å². The minimum atomic E-state index is 0.576. The van der Waals surface area contributed by atoms with Gasteiger partial charge >= 0.3 is 0 Å². The van der Waals surface area contributed by atoms with Crippen molar-refractivity contribution >= 4 is 11.9 Å². The van der Waals surface area contributed by atoms with Gasteiger partial charge in [0.1, 0.15) is 5.75 Å². The Hall–Kier alpha value is -2.09. The average molecular weight is 280 g/mol. The fraction of sp³-hybridized carbons (Fsp3) is 0.316. The fourth-order valence-electron chi connectivity index (χ4n) is 2.80.